The fourth-order valence-corrected chi connectivity index (χ4v) is 2.39. The number of nitrogens with zero attached hydrogens (tertiary/aromatic N) is 3. The third-order valence-corrected chi connectivity index (χ3v) is 3.56. The van der Waals surface area contributed by atoms with E-state index in [9.17, 15) is 14.9 Å². The first-order chi connectivity index (χ1) is 11.0. The van der Waals surface area contributed by atoms with Crippen LogP contribution in [0.5, 0.6) is 5.75 Å². The molecule has 1 heterocycles. The molecule has 0 aliphatic rings. The highest BCUT2D eigenvalue weighted by molar-refractivity contribution is 6.31. The fourth-order valence-electron chi connectivity index (χ4n) is 2.23. The molecule has 0 spiro atoms. The van der Waals surface area contributed by atoms with Crippen LogP contribution in [0.4, 0.5) is 5.82 Å². The molecule has 0 bridgehead atoms. The number of benzene rings is 2. The smallest absolute Gasteiger partial charge is 0.436 e. The van der Waals surface area contributed by atoms with Gasteiger partial charge in [0.15, 0.2) is 0 Å². The summed E-state index contributed by atoms with van der Waals surface area (Å²) < 4.78 is 6.40. The second kappa shape index (κ2) is 5.69. The van der Waals surface area contributed by atoms with E-state index in [2.05, 4.69) is 5.10 Å². The molecule has 0 saturated heterocycles. The number of halogens is 1. The number of nitro groups is 1. The van der Waals surface area contributed by atoms with Gasteiger partial charge in [-0.1, -0.05) is 11.6 Å². The van der Waals surface area contributed by atoms with Gasteiger partial charge in [-0.25, -0.2) is 0 Å². The Morgan fingerprint density at radius 1 is 1.22 bits per heavy atom. The number of aromatic nitrogens is 2. The highest BCUT2D eigenvalue weighted by Crippen LogP contribution is 2.22. The van der Waals surface area contributed by atoms with Crippen LogP contribution in [0.25, 0.3) is 16.6 Å². The third kappa shape index (κ3) is 2.62. The molecule has 0 saturated carbocycles. The highest BCUT2D eigenvalue weighted by atomic mass is 35.5. The molecule has 0 N–H and O–H groups in total. The second-order valence-corrected chi connectivity index (χ2v) is 5.12. The molecule has 116 valence electrons. The summed E-state index contributed by atoms with van der Waals surface area (Å²) in [4.78, 5) is 22.5. The van der Waals surface area contributed by atoms with Gasteiger partial charge in [0.05, 0.1) is 23.3 Å². The van der Waals surface area contributed by atoms with Crippen LogP contribution in [0.1, 0.15) is 0 Å². The van der Waals surface area contributed by atoms with E-state index in [1.165, 1.54) is 23.9 Å². The second-order valence-electron chi connectivity index (χ2n) is 4.68. The van der Waals surface area contributed by atoms with Crippen LogP contribution in [0.2, 0.25) is 5.02 Å². The molecule has 0 aliphatic carbocycles. The molecule has 0 atom stereocenters. The lowest BCUT2D eigenvalue weighted by Crippen LogP contribution is -2.17. The van der Waals surface area contributed by atoms with Gasteiger partial charge in [-0.2, -0.15) is 0 Å². The molecule has 0 aliphatic heterocycles. The van der Waals surface area contributed by atoms with Gasteiger partial charge in [0.2, 0.25) is 0 Å². The third-order valence-electron chi connectivity index (χ3n) is 3.32. The molecule has 3 aromatic rings. The maximum Gasteiger partial charge on any atom is 0.436 e. The van der Waals surface area contributed by atoms with Crippen LogP contribution in [0.15, 0.2) is 47.3 Å². The van der Waals surface area contributed by atoms with Crippen LogP contribution < -0.4 is 10.2 Å². The summed E-state index contributed by atoms with van der Waals surface area (Å²) in [7, 11) is 1.53. The summed E-state index contributed by atoms with van der Waals surface area (Å²) in [6, 6.07) is 11.2. The topological polar surface area (TPSA) is 87.3 Å². The maximum absolute atomic E-state index is 12.2. The molecular weight excluding hydrogens is 322 g/mol. The molecule has 7 nitrogen and oxygen atoms in total. The SMILES string of the molecule is COc1ccc(-n2nc([N+](=O)[O-])c(=O)c3ccc(Cl)cc32)cc1. The quantitative estimate of drug-likeness (QED) is 0.544. The zero-order chi connectivity index (χ0) is 16.6. The molecule has 0 unspecified atom stereocenters. The summed E-state index contributed by atoms with van der Waals surface area (Å²) in [5.74, 6) is -0.109. The van der Waals surface area contributed by atoms with E-state index in [0.717, 1.165) is 0 Å². The van der Waals surface area contributed by atoms with Gasteiger partial charge < -0.3 is 14.9 Å². The standard InChI is InChI=1S/C15H10ClN3O4/c1-23-11-5-3-10(4-6-11)18-13-8-9(16)2-7-12(13)14(20)15(17-18)19(21)22/h2-8H,1H3. The predicted octanol–water partition coefficient (Wildman–Crippen LogP) is 2.96. The number of methoxy groups -OCH3 is 1. The lowest BCUT2D eigenvalue weighted by molar-refractivity contribution is -0.391. The average molecular weight is 332 g/mol. The Kier molecular flexibility index (Phi) is 3.71. The van der Waals surface area contributed by atoms with Crippen LogP contribution in [-0.4, -0.2) is 21.8 Å². The van der Waals surface area contributed by atoms with Crippen molar-refractivity contribution in [3.05, 3.63) is 67.8 Å². The molecule has 2 aromatic carbocycles. The van der Waals surface area contributed by atoms with E-state index in [1.807, 2.05) is 0 Å². The summed E-state index contributed by atoms with van der Waals surface area (Å²) in [5.41, 5.74) is 0.186. The Bertz CT molecular complexity index is 967. The Hall–Kier alpha value is -2.93. The van der Waals surface area contributed by atoms with Crippen molar-refractivity contribution >= 4 is 28.3 Å². The molecule has 23 heavy (non-hydrogen) atoms. The minimum Gasteiger partial charge on any atom is -0.497 e. The van der Waals surface area contributed by atoms with Gasteiger partial charge in [0.1, 0.15) is 11.3 Å². The van der Waals surface area contributed by atoms with Gasteiger partial charge in [0, 0.05) is 5.02 Å². The molecule has 0 amide bonds. The minimum atomic E-state index is -0.795. The van der Waals surface area contributed by atoms with E-state index >= 15 is 0 Å². The van der Waals surface area contributed by atoms with E-state index in [-0.39, 0.29) is 5.39 Å². The predicted molar refractivity (Wildman–Crippen MR) is 85.6 cm³/mol. The average Bonchev–Trinajstić information content (AvgIpc) is 2.55. The first-order valence-corrected chi connectivity index (χ1v) is 6.90. The van der Waals surface area contributed by atoms with Crippen molar-refractivity contribution in [3.8, 4) is 11.4 Å². The molecule has 8 heteroatoms. The number of ether oxygens (including phenoxy) is 1. The Morgan fingerprint density at radius 2 is 1.91 bits per heavy atom. The summed E-state index contributed by atoms with van der Waals surface area (Å²) in [5, 5.41) is 15.5. The number of hydrogen-bond donors (Lipinski definition) is 0. The molecular formula is C15H10ClN3O4. The summed E-state index contributed by atoms with van der Waals surface area (Å²) in [6.45, 7) is 0. The monoisotopic (exact) mass is 331 g/mol. The maximum atomic E-state index is 12.2. The van der Waals surface area contributed by atoms with Crippen LogP contribution >= 0.6 is 11.6 Å². The van der Waals surface area contributed by atoms with Gasteiger partial charge in [0.25, 0.3) is 5.43 Å². The van der Waals surface area contributed by atoms with E-state index in [1.54, 1.807) is 30.3 Å². The van der Waals surface area contributed by atoms with Crippen molar-refractivity contribution in [3.63, 3.8) is 0 Å². The van der Waals surface area contributed by atoms with Gasteiger partial charge >= 0.3 is 5.82 Å². The lowest BCUT2D eigenvalue weighted by Gasteiger charge is -2.07. The van der Waals surface area contributed by atoms with E-state index < -0.39 is 16.2 Å². The molecule has 0 fully saturated rings. The Balaban J connectivity index is 2.37. The van der Waals surface area contributed by atoms with E-state index in [4.69, 9.17) is 16.3 Å². The van der Waals surface area contributed by atoms with Gasteiger partial charge in [-0.15, -0.1) is 4.68 Å². The molecule has 0 radical (unpaired) electrons. The van der Waals surface area contributed by atoms with Crippen LogP contribution in [0, 0.1) is 10.1 Å². The number of rotatable bonds is 3. The number of fused-ring (bicyclic) bond motifs is 1. The Morgan fingerprint density at radius 3 is 2.52 bits per heavy atom. The highest BCUT2D eigenvalue weighted by Gasteiger charge is 2.22. The molecule has 1 aromatic heterocycles. The van der Waals surface area contributed by atoms with Crippen LogP contribution in [0.3, 0.4) is 0 Å². The first-order valence-electron chi connectivity index (χ1n) is 6.52. The van der Waals surface area contributed by atoms with Gasteiger partial charge in [-0.05, 0) is 47.4 Å². The normalized spacial score (nSPS) is 10.7. The minimum absolute atomic E-state index is 0.173. The zero-order valence-electron chi connectivity index (χ0n) is 11.9. The summed E-state index contributed by atoms with van der Waals surface area (Å²) >= 11 is 5.98. The zero-order valence-corrected chi connectivity index (χ0v) is 12.6. The van der Waals surface area contributed by atoms with Crippen molar-refractivity contribution in [1.29, 1.82) is 0 Å². The molecule has 3 rings (SSSR count). The summed E-state index contributed by atoms with van der Waals surface area (Å²) in [6.07, 6.45) is 0. The largest absolute Gasteiger partial charge is 0.497 e. The number of hydrogen-bond acceptors (Lipinski definition) is 5. The lowest BCUT2D eigenvalue weighted by atomic mass is 10.2. The fraction of sp³-hybridized carbons (Fsp3) is 0.0667. The van der Waals surface area contributed by atoms with Crippen molar-refractivity contribution in [2.45, 2.75) is 0 Å². The van der Waals surface area contributed by atoms with Crippen molar-refractivity contribution < 1.29 is 9.66 Å². The first kappa shape index (κ1) is 15.0. The van der Waals surface area contributed by atoms with Crippen molar-refractivity contribution in [2.75, 3.05) is 7.11 Å². The Labute approximate surface area is 134 Å². The van der Waals surface area contributed by atoms with Crippen LogP contribution in [-0.2, 0) is 0 Å². The van der Waals surface area contributed by atoms with Crippen molar-refractivity contribution in [1.82, 2.24) is 9.78 Å². The van der Waals surface area contributed by atoms with E-state index in [0.29, 0.717) is 22.0 Å². The van der Waals surface area contributed by atoms with Crippen molar-refractivity contribution in [2.24, 2.45) is 0 Å². The van der Waals surface area contributed by atoms with Gasteiger partial charge in [-0.3, -0.25) is 4.79 Å².